The first-order chi connectivity index (χ1) is 16.7. The summed E-state index contributed by atoms with van der Waals surface area (Å²) in [6, 6.07) is 6.44. The van der Waals surface area contributed by atoms with Gasteiger partial charge in [0.25, 0.3) is 0 Å². The van der Waals surface area contributed by atoms with Crippen LogP contribution in [0.3, 0.4) is 0 Å². The second kappa shape index (κ2) is 8.58. The van der Waals surface area contributed by atoms with Crippen molar-refractivity contribution in [2.24, 2.45) is 46.3 Å². The van der Waals surface area contributed by atoms with E-state index in [0.717, 1.165) is 61.3 Å². The third-order valence-electron chi connectivity index (χ3n) is 12.0. The van der Waals surface area contributed by atoms with Crippen LogP contribution in [0, 0.1) is 53.3 Å². The number of H-pyrrole nitrogens is 1. The number of hydrogen-bond donors (Lipinski definition) is 3. The topological polar surface area (TPSA) is 69.1 Å². The number of aliphatic hydroxyl groups is 2. The molecule has 0 saturated heterocycles. The van der Waals surface area contributed by atoms with Crippen LogP contribution in [0.4, 0.5) is 0 Å². The van der Waals surface area contributed by atoms with E-state index in [-0.39, 0.29) is 17.6 Å². The Morgan fingerprint density at radius 3 is 2.71 bits per heavy atom. The van der Waals surface area contributed by atoms with Gasteiger partial charge in [0, 0.05) is 6.42 Å². The molecule has 0 radical (unpaired) electrons. The number of hydrogen-bond acceptors (Lipinski definition) is 3. The lowest BCUT2D eigenvalue weighted by molar-refractivity contribution is -0.174. The zero-order chi connectivity index (χ0) is 24.5. The maximum atomic E-state index is 11.8. The van der Waals surface area contributed by atoms with Gasteiger partial charge in [0.15, 0.2) is 0 Å². The number of aryl methyl sites for hydroxylation is 2. The van der Waals surface area contributed by atoms with Crippen molar-refractivity contribution in [3.63, 3.8) is 0 Å². The minimum Gasteiger partial charge on any atom is -0.393 e. The van der Waals surface area contributed by atoms with Crippen molar-refractivity contribution >= 4 is 11.0 Å². The van der Waals surface area contributed by atoms with Crippen molar-refractivity contribution in [1.29, 1.82) is 0 Å². The van der Waals surface area contributed by atoms with Crippen molar-refractivity contribution in [3.05, 3.63) is 29.6 Å². The summed E-state index contributed by atoms with van der Waals surface area (Å²) in [5, 5.41) is 22.1. The lowest BCUT2D eigenvalue weighted by Gasteiger charge is -2.62. The number of imidazole rings is 1. The molecule has 3 N–H and O–H groups in total. The van der Waals surface area contributed by atoms with Crippen molar-refractivity contribution in [2.75, 3.05) is 0 Å². The highest BCUT2D eigenvalue weighted by atomic mass is 16.3. The summed E-state index contributed by atoms with van der Waals surface area (Å²) in [5.41, 5.74) is 3.84. The summed E-state index contributed by atoms with van der Waals surface area (Å²) in [4.78, 5) is 8.40. The van der Waals surface area contributed by atoms with E-state index in [2.05, 4.69) is 50.9 Å². The van der Waals surface area contributed by atoms with Crippen molar-refractivity contribution < 1.29 is 10.2 Å². The number of aliphatic hydroxyl groups excluding tert-OH is 2. The number of benzene rings is 1. The van der Waals surface area contributed by atoms with Crippen LogP contribution in [0.15, 0.2) is 18.2 Å². The second-order valence-electron chi connectivity index (χ2n) is 13.6. The average molecular weight is 479 g/mol. The fourth-order valence-corrected chi connectivity index (χ4v) is 10.0. The summed E-state index contributed by atoms with van der Waals surface area (Å²) >= 11 is 0. The van der Waals surface area contributed by atoms with Gasteiger partial charge in [-0.3, -0.25) is 0 Å². The van der Waals surface area contributed by atoms with Gasteiger partial charge in [-0.15, -0.1) is 0 Å². The molecule has 10 atom stereocenters. The van der Waals surface area contributed by atoms with Gasteiger partial charge in [-0.05, 0) is 129 Å². The molecule has 0 aliphatic heterocycles. The monoisotopic (exact) mass is 478 g/mol. The molecule has 1 heterocycles. The largest absolute Gasteiger partial charge is 0.393 e. The highest BCUT2D eigenvalue weighted by molar-refractivity contribution is 5.75. The third-order valence-corrected chi connectivity index (χ3v) is 12.0. The molecule has 192 valence electrons. The molecule has 6 rings (SSSR count). The Hall–Kier alpha value is -1.39. The van der Waals surface area contributed by atoms with E-state index < -0.39 is 0 Å². The fourth-order valence-electron chi connectivity index (χ4n) is 10.0. The van der Waals surface area contributed by atoms with E-state index in [1.54, 1.807) is 0 Å². The first kappa shape index (κ1) is 24.0. The van der Waals surface area contributed by atoms with Gasteiger partial charge in [0.05, 0.1) is 23.2 Å². The van der Waals surface area contributed by atoms with E-state index in [1.807, 2.05) is 0 Å². The van der Waals surface area contributed by atoms with Crippen LogP contribution in [-0.2, 0) is 6.42 Å². The Balaban J connectivity index is 1.18. The van der Waals surface area contributed by atoms with Crippen LogP contribution in [0.25, 0.3) is 11.0 Å². The molecule has 2 aromatic rings. The number of nitrogens with zero attached hydrogens (tertiary/aromatic N) is 1. The second-order valence-corrected chi connectivity index (χ2v) is 13.6. The Bertz CT molecular complexity index is 1080. The number of fused-ring (bicyclic) bond motifs is 6. The predicted octanol–water partition coefficient (Wildman–Crippen LogP) is 6.43. The summed E-state index contributed by atoms with van der Waals surface area (Å²) in [6.07, 6.45) is 11.0. The number of rotatable bonds is 4. The highest BCUT2D eigenvalue weighted by Crippen LogP contribution is 2.68. The number of nitrogens with one attached hydrogen (secondary N) is 1. The summed E-state index contributed by atoms with van der Waals surface area (Å²) < 4.78 is 0. The lowest BCUT2D eigenvalue weighted by Crippen LogP contribution is -2.58. The zero-order valence-electron chi connectivity index (χ0n) is 22.3. The van der Waals surface area contributed by atoms with Gasteiger partial charge in [-0.1, -0.05) is 26.8 Å². The van der Waals surface area contributed by atoms with E-state index in [0.29, 0.717) is 35.0 Å². The Morgan fingerprint density at radius 1 is 1.06 bits per heavy atom. The van der Waals surface area contributed by atoms with Gasteiger partial charge >= 0.3 is 0 Å². The van der Waals surface area contributed by atoms with Gasteiger partial charge in [-0.25, -0.2) is 4.98 Å². The van der Waals surface area contributed by atoms with Gasteiger partial charge in [-0.2, -0.15) is 0 Å². The van der Waals surface area contributed by atoms with Crippen LogP contribution >= 0.6 is 0 Å². The molecule has 4 heteroatoms. The molecular formula is C31H46N2O2. The summed E-state index contributed by atoms with van der Waals surface area (Å²) in [7, 11) is 0. The van der Waals surface area contributed by atoms with Crippen LogP contribution < -0.4 is 0 Å². The molecule has 4 saturated carbocycles. The van der Waals surface area contributed by atoms with Gasteiger partial charge in [0.2, 0.25) is 0 Å². The van der Waals surface area contributed by atoms with E-state index in [1.165, 1.54) is 31.2 Å². The Labute approximate surface area is 211 Å². The van der Waals surface area contributed by atoms with E-state index >= 15 is 0 Å². The molecule has 1 aromatic carbocycles. The van der Waals surface area contributed by atoms with Crippen molar-refractivity contribution in [3.8, 4) is 0 Å². The minimum atomic E-state index is -0.194. The third kappa shape index (κ3) is 3.72. The van der Waals surface area contributed by atoms with Crippen molar-refractivity contribution in [1.82, 2.24) is 9.97 Å². The minimum absolute atomic E-state index is 0.0446. The van der Waals surface area contributed by atoms with Crippen LogP contribution in [0.1, 0.15) is 89.9 Å². The first-order valence-electron chi connectivity index (χ1n) is 14.5. The fraction of sp³-hybridized carbons (Fsp3) is 0.774. The molecule has 0 bridgehead atoms. The Morgan fingerprint density at radius 2 is 1.89 bits per heavy atom. The van der Waals surface area contributed by atoms with Crippen LogP contribution in [-0.4, -0.2) is 32.4 Å². The Kier molecular flexibility index (Phi) is 5.88. The highest BCUT2D eigenvalue weighted by Gasteiger charge is 2.63. The first-order valence-corrected chi connectivity index (χ1v) is 14.5. The molecule has 4 aliphatic rings. The molecule has 35 heavy (non-hydrogen) atoms. The number of aromatic amines is 1. The average Bonchev–Trinajstić information content (AvgIpc) is 3.40. The van der Waals surface area contributed by atoms with Crippen molar-refractivity contribution in [2.45, 2.75) is 104 Å². The SMILES string of the molecule is Cc1ccc2nc(CC[C@@H](C)[C@@H]3CC[C@@H]4[C@H]5CC[C@H]6C[C@@H](O)CC[C@]6(C)[C@@H]5C[C@@H](O)[C@@]43C)[nH]c2c1. The van der Waals surface area contributed by atoms with Gasteiger partial charge in [0.1, 0.15) is 5.82 Å². The van der Waals surface area contributed by atoms with Crippen LogP contribution in [0.5, 0.6) is 0 Å². The zero-order valence-corrected chi connectivity index (χ0v) is 22.3. The maximum absolute atomic E-state index is 11.8. The molecule has 1 aromatic heterocycles. The molecule has 0 unspecified atom stereocenters. The smallest absolute Gasteiger partial charge is 0.107 e. The van der Waals surface area contributed by atoms with E-state index in [4.69, 9.17) is 4.98 Å². The lowest BCUT2D eigenvalue weighted by atomic mass is 9.43. The summed E-state index contributed by atoms with van der Waals surface area (Å²) in [6.45, 7) is 9.53. The van der Waals surface area contributed by atoms with Crippen LogP contribution in [0.2, 0.25) is 0 Å². The quantitative estimate of drug-likeness (QED) is 0.474. The standard InChI is InChI=1S/C31H46N2O2/c1-18-5-11-26-27(15-18)33-29(32-26)12-6-19(2)23-9-10-24-22-8-7-20-16-21(34)13-14-30(20,3)25(22)17-28(35)31(23,24)4/h5,11,15,19-25,28,34-35H,6-10,12-14,16-17H2,1-4H3,(H,32,33)/t19-,20+,21+,22-,23+,24-,25-,28-,30+,31-/m1/s1. The predicted molar refractivity (Wildman–Crippen MR) is 141 cm³/mol. The molecule has 4 fully saturated rings. The van der Waals surface area contributed by atoms with Gasteiger partial charge < -0.3 is 15.2 Å². The molecular weight excluding hydrogens is 432 g/mol. The summed E-state index contributed by atoms with van der Waals surface area (Å²) in [5.74, 6) is 4.98. The normalized spacial score (nSPS) is 44.0. The molecule has 0 amide bonds. The number of aromatic nitrogens is 2. The maximum Gasteiger partial charge on any atom is 0.107 e. The van der Waals surface area contributed by atoms with E-state index in [9.17, 15) is 10.2 Å². The molecule has 4 nitrogen and oxygen atoms in total. The molecule has 0 spiro atoms. The molecule has 4 aliphatic carbocycles.